The fourth-order valence-electron chi connectivity index (χ4n) is 4.08. The Bertz CT molecular complexity index is 994. The molecular formula is C28H37ClN2PPd+. The molecule has 0 spiro atoms. The van der Waals surface area contributed by atoms with Crippen molar-refractivity contribution in [1.82, 2.24) is 0 Å². The standard InChI is InChI=1S/C16H27ClNP.C12H10N.Pd/c1-15(2,3)19(16(4,5)6)12-9-10-14(18(7)8)13(17)11-12;13-12-9-5-4-8-11(12)10-6-2-1-3-7-10;/h9-11H,1-8H3;1-6,8-9H,13H2;/q;-1;+2. The molecule has 2 nitrogen and oxygen atoms in total. The molecule has 0 aromatic heterocycles. The molecule has 180 valence electrons. The van der Waals surface area contributed by atoms with Gasteiger partial charge in [-0.1, -0.05) is 90.9 Å². The Balaban J connectivity index is 0.000000339. The van der Waals surface area contributed by atoms with Gasteiger partial charge in [-0.25, -0.2) is 0 Å². The first-order valence-electron chi connectivity index (χ1n) is 10.9. The van der Waals surface area contributed by atoms with Gasteiger partial charge in [0.05, 0.1) is 10.7 Å². The predicted octanol–water partition coefficient (Wildman–Crippen LogP) is 7.84. The number of nitrogens with two attached hydrogens (primary N) is 1. The molecule has 0 radical (unpaired) electrons. The van der Waals surface area contributed by atoms with E-state index in [2.05, 4.69) is 70.7 Å². The maximum Gasteiger partial charge on any atom is 2.00 e. The fourth-order valence-corrected chi connectivity index (χ4v) is 8.55. The van der Waals surface area contributed by atoms with Crippen molar-refractivity contribution in [2.45, 2.75) is 51.9 Å². The molecule has 3 aromatic rings. The Morgan fingerprint density at radius 1 is 0.848 bits per heavy atom. The van der Waals surface area contributed by atoms with Crippen LogP contribution >= 0.6 is 19.5 Å². The number of hydrogen-bond donors (Lipinski definition) is 1. The van der Waals surface area contributed by atoms with Crippen LogP contribution in [0.4, 0.5) is 11.4 Å². The second kappa shape index (κ2) is 12.4. The number of hydrogen-bond acceptors (Lipinski definition) is 2. The molecule has 33 heavy (non-hydrogen) atoms. The SMILES string of the molecule is CN(C)c1ccc(P(C(C)(C)C)C(C)(C)C)cc1Cl.Nc1ccccc1-c1[c-]cccc1.[Pd+2]. The topological polar surface area (TPSA) is 29.3 Å². The third-order valence-corrected chi connectivity index (χ3v) is 8.75. The van der Waals surface area contributed by atoms with Gasteiger partial charge in [0, 0.05) is 14.1 Å². The van der Waals surface area contributed by atoms with Crippen LogP contribution in [0.2, 0.25) is 5.02 Å². The number of para-hydroxylation sites is 1. The smallest absolute Gasteiger partial charge is 0.406 e. The van der Waals surface area contributed by atoms with Gasteiger partial charge in [0.2, 0.25) is 0 Å². The maximum atomic E-state index is 6.44. The van der Waals surface area contributed by atoms with Crippen molar-refractivity contribution in [1.29, 1.82) is 0 Å². The summed E-state index contributed by atoms with van der Waals surface area (Å²) in [6.07, 6.45) is 0. The van der Waals surface area contributed by atoms with E-state index in [-0.39, 0.29) is 38.7 Å². The van der Waals surface area contributed by atoms with Gasteiger partial charge in [-0.2, -0.15) is 0 Å². The van der Waals surface area contributed by atoms with Gasteiger partial charge in [-0.3, -0.25) is 0 Å². The zero-order valence-corrected chi connectivity index (χ0v) is 24.2. The van der Waals surface area contributed by atoms with Crippen molar-refractivity contribution in [3.05, 3.63) is 77.8 Å². The van der Waals surface area contributed by atoms with E-state index in [0.29, 0.717) is 0 Å². The molecule has 3 rings (SSSR count). The summed E-state index contributed by atoms with van der Waals surface area (Å²) >= 11 is 6.44. The van der Waals surface area contributed by atoms with Crippen LogP contribution < -0.4 is 15.9 Å². The van der Waals surface area contributed by atoms with E-state index in [1.54, 1.807) is 0 Å². The van der Waals surface area contributed by atoms with E-state index in [9.17, 15) is 0 Å². The van der Waals surface area contributed by atoms with Gasteiger partial charge in [0.25, 0.3) is 0 Å². The van der Waals surface area contributed by atoms with E-state index >= 15 is 0 Å². The molecule has 0 amide bonds. The molecule has 2 N–H and O–H groups in total. The molecule has 0 aliphatic rings. The Morgan fingerprint density at radius 2 is 1.42 bits per heavy atom. The van der Waals surface area contributed by atoms with Crippen molar-refractivity contribution in [3.8, 4) is 11.1 Å². The molecule has 0 saturated carbocycles. The second-order valence-corrected chi connectivity index (χ2v) is 14.3. The molecule has 0 heterocycles. The summed E-state index contributed by atoms with van der Waals surface area (Å²) in [5.41, 5.74) is 9.80. The van der Waals surface area contributed by atoms with Gasteiger partial charge in [-0.15, -0.1) is 35.9 Å². The van der Waals surface area contributed by atoms with Gasteiger partial charge in [0.15, 0.2) is 0 Å². The Hall–Kier alpha value is -1.36. The summed E-state index contributed by atoms with van der Waals surface area (Å²) in [7, 11) is 3.76. The largest absolute Gasteiger partial charge is 2.00 e. The molecule has 0 aliphatic carbocycles. The first kappa shape index (κ1) is 29.7. The number of nitrogen functional groups attached to an aromatic ring is 1. The van der Waals surface area contributed by atoms with Crippen LogP contribution in [-0.4, -0.2) is 24.4 Å². The van der Waals surface area contributed by atoms with Crippen molar-refractivity contribution in [2.24, 2.45) is 0 Å². The van der Waals surface area contributed by atoms with Crippen molar-refractivity contribution in [3.63, 3.8) is 0 Å². The molecule has 0 aliphatic heterocycles. The first-order chi connectivity index (χ1) is 14.8. The van der Waals surface area contributed by atoms with E-state index in [4.69, 9.17) is 17.3 Å². The van der Waals surface area contributed by atoms with Gasteiger partial charge >= 0.3 is 20.4 Å². The van der Waals surface area contributed by atoms with Crippen LogP contribution in [-0.2, 0) is 20.4 Å². The number of nitrogens with zero attached hydrogens (tertiary/aromatic N) is 1. The third-order valence-electron chi connectivity index (χ3n) is 4.97. The molecule has 5 heteroatoms. The van der Waals surface area contributed by atoms with E-state index in [1.807, 2.05) is 62.6 Å². The normalized spacial score (nSPS) is 11.3. The molecule has 0 unspecified atom stereocenters. The van der Waals surface area contributed by atoms with Crippen LogP contribution in [0.1, 0.15) is 41.5 Å². The number of rotatable bonds is 3. The summed E-state index contributed by atoms with van der Waals surface area (Å²) < 4.78 is 0. The van der Waals surface area contributed by atoms with E-state index < -0.39 is 0 Å². The maximum absolute atomic E-state index is 6.44. The Kier molecular flexibility index (Phi) is 11.1. The minimum Gasteiger partial charge on any atom is -0.406 e. The first-order valence-corrected chi connectivity index (χ1v) is 12.6. The summed E-state index contributed by atoms with van der Waals surface area (Å²) in [4.78, 5) is 2.06. The van der Waals surface area contributed by atoms with Crippen molar-refractivity contribution in [2.75, 3.05) is 24.7 Å². The fraction of sp³-hybridized carbons (Fsp3) is 0.357. The van der Waals surface area contributed by atoms with Crippen LogP contribution in [0.15, 0.2) is 66.7 Å². The molecule has 3 aromatic carbocycles. The molecular weight excluding hydrogens is 537 g/mol. The average molecular weight is 574 g/mol. The third kappa shape index (κ3) is 8.42. The molecule has 0 bridgehead atoms. The van der Waals surface area contributed by atoms with Crippen LogP contribution in [0, 0.1) is 6.07 Å². The zero-order chi connectivity index (χ0) is 24.1. The van der Waals surface area contributed by atoms with Gasteiger partial charge in [-0.05, 0) is 39.5 Å². The summed E-state index contributed by atoms with van der Waals surface area (Å²) in [5.74, 6) is 0. The number of halogens is 1. The minimum atomic E-state index is -0.289. The quantitative estimate of drug-likeness (QED) is 0.150. The number of benzene rings is 3. The second-order valence-electron chi connectivity index (χ2n) is 10.1. The molecule has 0 atom stereocenters. The Labute approximate surface area is 221 Å². The van der Waals surface area contributed by atoms with Crippen LogP contribution in [0.3, 0.4) is 0 Å². The average Bonchev–Trinajstić information content (AvgIpc) is 2.67. The number of anilines is 2. The van der Waals surface area contributed by atoms with Crippen LogP contribution in [0.5, 0.6) is 0 Å². The van der Waals surface area contributed by atoms with Gasteiger partial charge < -0.3 is 10.6 Å². The monoisotopic (exact) mass is 573 g/mol. The predicted molar refractivity (Wildman–Crippen MR) is 147 cm³/mol. The van der Waals surface area contributed by atoms with E-state index in [0.717, 1.165) is 27.5 Å². The summed E-state index contributed by atoms with van der Waals surface area (Å²) in [5, 5.41) is 2.79. The zero-order valence-electron chi connectivity index (χ0n) is 21.0. The summed E-state index contributed by atoms with van der Waals surface area (Å²) in [6.45, 7) is 14.0. The molecule has 0 saturated heterocycles. The van der Waals surface area contributed by atoms with Gasteiger partial charge in [0.1, 0.15) is 0 Å². The van der Waals surface area contributed by atoms with Crippen molar-refractivity contribution < 1.29 is 20.4 Å². The van der Waals surface area contributed by atoms with Crippen molar-refractivity contribution >= 4 is 36.2 Å². The molecule has 0 fully saturated rings. The van der Waals surface area contributed by atoms with E-state index in [1.165, 1.54) is 5.30 Å². The minimum absolute atomic E-state index is 0. The van der Waals surface area contributed by atoms with Crippen LogP contribution in [0.25, 0.3) is 11.1 Å². The summed E-state index contributed by atoms with van der Waals surface area (Å²) in [6, 6.07) is 25.3. The Morgan fingerprint density at radius 3 is 1.88 bits per heavy atom.